The van der Waals surface area contributed by atoms with Crippen LogP contribution in [0, 0.1) is 0 Å². The van der Waals surface area contributed by atoms with Crippen LogP contribution in [0.3, 0.4) is 0 Å². The third kappa shape index (κ3) is 6.39. The maximum absolute atomic E-state index is 13.0. The van der Waals surface area contributed by atoms with Crippen LogP contribution >= 0.6 is 11.6 Å². The van der Waals surface area contributed by atoms with Gasteiger partial charge in [0.1, 0.15) is 17.8 Å². The lowest BCUT2D eigenvalue weighted by atomic mass is 10.1. The fraction of sp³-hybridized carbons (Fsp3) is 0.200. The molecule has 0 aliphatic heterocycles. The normalized spacial score (nSPS) is 11.4. The molecular weight excluding hydrogens is 495 g/mol. The Morgan fingerprint density at radius 2 is 1.72 bits per heavy atom. The number of nitrogens with zero attached hydrogens (tertiary/aromatic N) is 4. The first-order valence-electron chi connectivity index (χ1n) is 10.9. The lowest BCUT2D eigenvalue weighted by Gasteiger charge is -2.13. The first-order chi connectivity index (χ1) is 17.2. The third-order valence-electron chi connectivity index (χ3n) is 5.27. The van der Waals surface area contributed by atoms with Crippen LogP contribution in [-0.2, 0) is 26.1 Å². The molecular formula is C25H21ClF3N5O2. The van der Waals surface area contributed by atoms with Crippen LogP contribution in [-0.4, -0.2) is 26.1 Å². The van der Waals surface area contributed by atoms with Crippen LogP contribution in [0.25, 0.3) is 0 Å². The summed E-state index contributed by atoms with van der Waals surface area (Å²) in [4.78, 5) is 24.5. The molecule has 0 saturated heterocycles. The molecule has 0 atom stereocenters. The first kappa shape index (κ1) is 25.2. The molecule has 2 aromatic heterocycles. The van der Waals surface area contributed by atoms with Gasteiger partial charge in [0.05, 0.1) is 10.6 Å². The number of nitrogens with one attached hydrogen (secondary N) is 1. The number of aryl methyl sites for hydroxylation is 1. The van der Waals surface area contributed by atoms with Crippen molar-refractivity contribution in [3.8, 4) is 11.5 Å². The number of anilines is 1. The Hall–Kier alpha value is -3.92. The standard InChI is InChI=1S/C25H21ClF3N5O2/c1-34-14-18(10-17-12-30-15-31-13-17)23(35)33-24(34)32-9-8-16-2-4-19(5-3-16)36-20-6-7-22(26)21(11-20)25(27,28)29/h2-7,11-15H,8-10H2,1H3,(H,32,33,35). The fourth-order valence-corrected chi connectivity index (χ4v) is 3.71. The van der Waals surface area contributed by atoms with Crippen molar-refractivity contribution >= 4 is 17.5 Å². The van der Waals surface area contributed by atoms with E-state index in [1.807, 2.05) is 12.1 Å². The van der Waals surface area contributed by atoms with Gasteiger partial charge in [-0.15, -0.1) is 0 Å². The van der Waals surface area contributed by atoms with Crippen molar-refractivity contribution in [2.24, 2.45) is 7.05 Å². The van der Waals surface area contributed by atoms with E-state index in [1.54, 1.807) is 42.3 Å². The van der Waals surface area contributed by atoms with Crippen molar-refractivity contribution < 1.29 is 17.9 Å². The van der Waals surface area contributed by atoms with E-state index in [0.717, 1.165) is 23.3 Å². The van der Waals surface area contributed by atoms with E-state index in [0.29, 0.717) is 36.6 Å². The van der Waals surface area contributed by atoms with Crippen molar-refractivity contribution in [2.75, 3.05) is 11.9 Å². The summed E-state index contributed by atoms with van der Waals surface area (Å²) in [6.07, 6.45) is 2.93. The maximum atomic E-state index is 13.0. The topological polar surface area (TPSA) is 81.9 Å². The van der Waals surface area contributed by atoms with Gasteiger partial charge in [0, 0.05) is 44.2 Å². The highest BCUT2D eigenvalue weighted by molar-refractivity contribution is 6.31. The zero-order valence-electron chi connectivity index (χ0n) is 19.1. The molecule has 0 bridgehead atoms. The molecule has 0 amide bonds. The van der Waals surface area contributed by atoms with E-state index in [2.05, 4.69) is 20.3 Å². The molecule has 0 unspecified atom stereocenters. The highest BCUT2D eigenvalue weighted by Crippen LogP contribution is 2.37. The Labute approximate surface area is 209 Å². The quantitative estimate of drug-likeness (QED) is 0.344. The summed E-state index contributed by atoms with van der Waals surface area (Å²) < 4.78 is 46.4. The summed E-state index contributed by atoms with van der Waals surface area (Å²) in [5.41, 5.74) is 1.05. The molecule has 7 nitrogen and oxygen atoms in total. The van der Waals surface area contributed by atoms with Gasteiger partial charge in [0.2, 0.25) is 5.95 Å². The highest BCUT2D eigenvalue weighted by atomic mass is 35.5. The predicted octanol–water partition coefficient (Wildman–Crippen LogP) is 5.28. The second-order valence-electron chi connectivity index (χ2n) is 7.99. The Morgan fingerprint density at radius 3 is 2.42 bits per heavy atom. The number of rotatable bonds is 8. The second kappa shape index (κ2) is 10.8. The largest absolute Gasteiger partial charge is 0.457 e. The van der Waals surface area contributed by atoms with E-state index < -0.39 is 11.7 Å². The molecule has 4 aromatic rings. The minimum Gasteiger partial charge on any atom is -0.457 e. The Morgan fingerprint density at radius 1 is 1.03 bits per heavy atom. The maximum Gasteiger partial charge on any atom is 0.417 e. The number of halogens is 4. The van der Waals surface area contributed by atoms with Gasteiger partial charge >= 0.3 is 6.18 Å². The van der Waals surface area contributed by atoms with Gasteiger partial charge < -0.3 is 14.6 Å². The van der Waals surface area contributed by atoms with Gasteiger partial charge in [-0.2, -0.15) is 18.2 Å². The molecule has 0 saturated carbocycles. The minimum absolute atomic E-state index is 0.0383. The molecule has 0 fully saturated rings. The van der Waals surface area contributed by atoms with Crippen LogP contribution in [0.4, 0.5) is 19.1 Å². The molecule has 2 aromatic carbocycles. The van der Waals surface area contributed by atoms with Crippen LogP contribution in [0.5, 0.6) is 11.5 Å². The van der Waals surface area contributed by atoms with Gasteiger partial charge in [-0.3, -0.25) is 4.79 Å². The smallest absolute Gasteiger partial charge is 0.417 e. The Bertz CT molecular complexity index is 1390. The van der Waals surface area contributed by atoms with Crippen LogP contribution in [0.1, 0.15) is 22.3 Å². The van der Waals surface area contributed by atoms with Crippen LogP contribution in [0.2, 0.25) is 5.02 Å². The number of ether oxygens (including phenoxy) is 1. The molecule has 4 rings (SSSR count). The summed E-state index contributed by atoms with van der Waals surface area (Å²) in [5.74, 6) is 0.873. The zero-order valence-corrected chi connectivity index (χ0v) is 19.8. The summed E-state index contributed by atoms with van der Waals surface area (Å²) >= 11 is 5.65. The average Bonchev–Trinajstić information content (AvgIpc) is 2.84. The number of hydrogen-bond donors (Lipinski definition) is 1. The highest BCUT2D eigenvalue weighted by Gasteiger charge is 2.33. The molecule has 2 heterocycles. The molecule has 0 aliphatic rings. The van der Waals surface area contributed by atoms with Crippen molar-refractivity contribution in [2.45, 2.75) is 19.0 Å². The van der Waals surface area contributed by atoms with Crippen molar-refractivity contribution in [3.63, 3.8) is 0 Å². The molecule has 0 aliphatic carbocycles. The molecule has 36 heavy (non-hydrogen) atoms. The van der Waals surface area contributed by atoms with E-state index in [4.69, 9.17) is 16.3 Å². The minimum atomic E-state index is -4.57. The van der Waals surface area contributed by atoms with E-state index >= 15 is 0 Å². The van der Waals surface area contributed by atoms with Crippen molar-refractivity contribution in [1.82, 2.24) is 19.5 Å². The van der Waals surface area contributed by atoms with Gasteiger partial charge in [-0.1, -0.05) is 23.7 Å². The number of benzene rings is 2. The zero-order chi connectivity index (χ0) is 25.7. The van der Waals surface area contributed by atoms with Gasteiger partial charge in [-0.05, 0) is 47.9 Å². The Balaban J connectivity index is 1.34. The molecule has 0 spiro atoms. The molecule has 186 valence electrons. The number of alkyl halides is 3. The van der Waals surface area contributed by atoms with E-state index in [1.165, 1.54) is 12.4 Å². The number of aromatic nitrogens is 4. The van der Waals surface area contributed by atoms with Gasteiger partial charge in [0.25, 0.3) is 5.56 Å². The van der Waals surface area contributed by atoms with Crippen molar-refractivity contribution in [3.05, 3.63) is 105 Å². The Kier molecular flexibility index (Phi) is 7.54. The first-order valence-corrected chi connectivity index (χ1v) is 11.2. The summed E-state index contributed by atoms with van der Waals surface area (Å²) in [6.45, 7) is 0.512. The average molecular weight is 516 g/mol. The van der Waals surface area contributed by atoms with Gasteiger partial charge in [0.15, 0.2) is 0 Å². The van der Waals surface area contributed by atoms with E-state index in [9.17, 15) is 18.0 Å². The van der Waals surface area contributed by atoms with Gasteiger partial charge in [-0.25, -0.2) is 9.97 Å². The number of hydrogen-bond acceptors (Lipinski definition) is 6. The molecule has 11 heteroatoms. The monoisotopic (exact) mass is 515 g/mol. The van der Waals surface area contributed by atoms with E-state index in [-0.39, 0.29) is 16.3 Å². The van der Waals surface area contributed by atoms with Crippen LogP contribution in [0.15, 0.2) is 72.2 Å². The summed E-state index contributed by atoms with van der Waals surface area (Å²) in [6, 6.07) is 10.4. The fourth-order valence-electron chi connectivity index (χ4n) is 3.49. The summed E-state index contributed by atoms with van der Waals surface area (Å²) in [7, 11) is 1.80. The lowest BCUT2D eigenvalue weighted by Crippen LogP contribution is -2.21. The molecule has 0 radical (unpaired) electrons. The summed E-state index contributed by atoms with van der Waals surface area (Å²) in [5, 5.41) is 2.77. The predicted molar refractivity (Wildman–Crippen MR) is 129 cm³/mol. The lowest BCUT2D eigenvalue weighted by molar-refractivity contribution is -0.137. The van der Waals surface area contributed by atoms with Crippen molar-refractivity contribution in [1.29, 1.82) is 0 Å². The van der Waals surface area contributed by atoms with Crippen LogP contribution < -0.4 is 15.6 Å². The molecule has 1 N–H and O–H groups in total. The SMILES string of the molecule is Cn1cc(Cc2cncnc2)c(=O)nc1NCCc1ccc(Oc2ccc(Cl)c(C(F)(F)F)c2)cc1. The third-order valence-corrected chi connectivity index (χ3v) is 5.60. The second-order valence-corrected chi connectivity index (χ2v) is 8.40.